The molecule has 0 aliphatic carbocycles. The van der Waals surface area contributed by atoms with Crippen molar-refractivity contribution in [1.82, 2.24) is 15.0 Å². The van der Waals surface area contributed by atoms with Gasteiger partial charge in [0.2, 0.25) is 5.95 Å². The molecule has 0 aliphatic rings. The van der Waals surface area contributed by atoms with E-state index >= 15 is 0 Å². The van der Waals surface area contributed by atoms with E-state index in [1.807, 2.05) is 12.1 Å². The quantitative estimate of drug-likeness (QED) is 0.205. The van der Waals surface area contributed by atoms with E-state index in [0.29, 0.717) is 41.9 Å². The molecular formula is C26H22N4O4. The number of carbonyl (C=O) groups is 1. The normalized spacial score (nSPS) is 10.5. The lowest BCUT2D eigenvalue weighted by Crippen LogP contribution is -2.09. The second-order valence-electron chi connectivity index (χ2n) is 7.46. The molecule has 0 amide bonds. The number of anilines is 2. The van der Waals surface area contributed by atoms with Crippen LogP contribution in [0.25, 0.3) is 0 Å². The third-order valence-corrected chi connectivity index (χ3v) is 4.75. The van der Waals surface area contributed by atoms with Crippen molar-refractivity contribution < 1.29 is 19.7 Å². The van der Waals surface area contributed by atoms with Gasteiger partial charge in [-0.2, -0.15) is 9.97 Å². The van der Waals surface area contributed by atoms with E-state index in [9.17, 15) is 15.0 Å². The zero-order valence-electron chi connectivity index (χ0n) is 18.2. The van der Waals surface area contributed by atoms with Gasteiger partial charge in [-0.1, -0.05) is 36.9 Å². The average molecular weight is 454 g/mol. The summed E-state index contributed by atoms with van der Waals surface area (Å²) in [6.45, 7) is 3.41. The number of hydrogen-bond acceptors (Lipinski definition) is 8. The van der Waals surface area contributed by atoms with Gasteiger partial charge in [0.05, 0.1) is 0 Å². The molecular weight excluding hydrogens is 432 g/mol. The molecule has 8 nitrogen and oxygen atoms in total. The number of aromatic nitrogens is 3. The van der Waals surface area contributed by atoms with E-state index in [1.165, 1.54) is 0 Å². The fraction of sp³-hybridized carbons (Fsp3) is 0.0769. The van der Waals surface area contributed by atoms with Crippen LogP contribution in [0.15, 0.2) is 85.5 Å². The molecule has 0 spiro atoms. The maximum Gasteiger partial charge on any atom is 0.335 e. The van der Waals surface area contributed by atoms with E-state index in [4.69, 9.17) is 4.74 Å². The zero-order chi connectivity index (χ0) is 23.9. The summed E-state index contributed by atoms with van der Waals surface area (Å²) in [5, 5.41) is 22.7. The van der Waals surface area contributed by atoms with Gasteiger partial charge in [-0.3, -0.25) is 0 Å². The highest BCUT2D eigenvalue weighted by molar-refractivity contribution is 5.83. The lowest BCUT2D eigenvalue weighted by Gasteiger charge is -2.10. The lowest BCUT2D eigenvalue weighted by atomic mass is 10.1. The molecule has 34 heavy (non-hydrogen) atoms. The van der Waals surface area contributed by atoms with Crippen molar-refractivity contribution in [3.63, 3.8) is 0 Å². The SMILES string of the molecule is C=CC(=O)Oc1cccc(Cc2nc(Cc3cccc(O)c3)nc(Nc3cccc(O)c3)n2)c1. The Hall–Kier alpha value is -4.72. The number of esters is 1. The molecule has 0 bridgehead atoms. The minimum Gasteiger partial charge on any atom is -0.508 e. The van der Waals surface area contributed by atoms with Gasteiger partial charge in [0.15, 0.2) is 0 Å². The molecule has 0 atom stereocenters. The molecule has 0 radical (unpaired) electrons. The van der Waals surface area contributed by atoms with Gasteiger partial charge in [0.1, 0.15) is 28.9 Å². The molecule has 0 unspecified atom stereocenters. The Morgan fingerprint density at radius 1 is 0.853 bits per heavy atom. The number of ether oxygens (including phenoxy) is 1. The molecule has 170 valence electrons. The van der Waals surface area contributed by atoms with Gasteiger partial charge < -0.3 is 20.3 Å². The van der Waals surface area contributed by atoms with Gasteiger partial charge in [-0.15, -0.1) is 0 Å². The van der Waals surface area contributed by atoms with Crippen LogP contribution in [0.1, 0.15) is 22.8 Å². The molecule has 3 N–H and O–H groups in total. The number of rotatable bonds is 8. The second-order valence-corrected chi connectivity index (χ2v) is 7.46. The predicted octanol–water partition coefficient (Wildman–Crippen LogP) is 4.30. The smallest absolute Gasteiger partial charge is 0.335 e. The summed E-state index contributed by atoms with van der Waals surface area (Å²) in [6.07, 6.45) is 1.85. The molecule has 4 aromatic rings. The van der Waals surface area contributed by atoms with E-state index in [-0.39, 0.29) is 11.5 Å². The highest BCUT2D eigenvalue weighted by Gasteiger charge is 2.11. The monoisotopic (exact) mass is 454 g/mol. The number of benzene rings is 3. The first-order chi connectivity index (χ1) is 16.5. The van der Waals surface area contributed by atoms with Crippen LogP contribution in [0, 0.1) is 0 Å². The number of nitrogens with one attached hydrogen (secondary N) is 1. The number of aromatic hydroxyl groups is 2. The summed E-state index contributed by atoms with van der Waals surface area (Å²) in [5.74, 6) is 1.46. The van der Waals surface area contributed by atoms with Crippen LogP contribution in [0.3, 0.4) is 0 Å². The van der Waals surface area contributed by atoms with Crippen LogP contribution in [-0.2, 0) is 17.6 Å². The number of phenolic OH excluding ortho intramolecular Hbond substituents is 2. The highest BCUT2D eigenvalue weighted by Crippen LogP contribution is 2.21. The summed E-state index contributed by atoms with van der Waals surface area (Å²) >= 11 is 0. The van der Waals surface area contributed by atoms with Crippen LogP contribution in [-0.4, -0.2) is 31.1 Å². The summed E-state index contributed by atoms with van der Waals surface area (Å²) in [7, 11) is 0. The standard InChI is InChI=1S/C26H22N4O4/c1-2-25(33)34-22-11-4-7-18(13-22)15-24-28-23(14-17-6-3-9-20(31)12-17)29-26(30-24)27-19-8-5-10-21(32)16-19/h2-13,16,31-32H,1,14-15H2,(H,27,28,29,30). The summed E-state index contributed by atoms with van der Waals surface area (Å²) in [4.78, 5) is 25.2. The molecule has 0 saturated carbocycles. The molecule has 0 aliphatic heterocycles. The Kier molecular flexibility index (Phi) is 6.78. The summed E-state index contributed by atoms with van der Waals surface area (Å²) in [5.41, 5.74) is 2.31. The van der Waals surface area contributed by atoms with Gasteiger partial charge in [-0.05, 0) is 47.5 Å². The van der Waals surface area contributed by atoms with E-state index < -0.39 is 5.97 Å². The largest absolute Gasteiger partial charge is 0.508 e. The minimum atomic E-state index is -0.539. The Labute approximate surface area is 196 Å². The van der Waals surface area contributed by atoms with Gasteiger partial charge >= 0.3 is 5.97 Å². The zero-order valence-corrected chi connectivity index (χ0v) is 18.2. The Bertz CT molecular complexity index is 1270. The van der Waals surface area contributed by atoms with Crippen molar-refractivity contribution in [2.75, 3.05) is 5.32 Å². The minimum absolute atomic E-state index is 0.116. The van der Waals surface area contributed by atoms with Crippen molar-refractivity contribution in [1.29, 1.82) is 0 Å². The van der Waals surface area contributed by atoms with Crippen molar-refractivity contribution >= 4 is 17.6 Å². The maximum absolute atomic E-state index is 11.5. The summed E-state index contributed by atoms with van der Waals surface area (Å²) in [6, 6.07) is 20.6. The third kappa shape index (κ3) is 6.17. The Morgan fingerprint density at radius 3 is 2.12 bits per heavy atom. The second kappa shape index (κ2) is 10.3. The predicted molar refractivity (Wildman–Crippen MR) is 127 cm³/mol. The van der Waals surface area contributed by atoms with Crippen molar-refractivity contribution in [3.05, 3.63) is 108 Å². The van der Waals surface area contributed by atoms with Crippen LogP contribution in [0.4, 0.5) is 11.6 Å². The molecule has 3 aromatic carbocycles. The fourth-order valence-electron chi connectivity index (χ4n) is 3.30. The average Bonchev–Trinajstić information content (AvgIpc) is 2.79. The number of hydrogen-bond donors (Lipinski definition) is 3. The van der Waals surface area contributed by atoms with E-state index in [0.717, 1.165) is 17.2 Å². The van der Waals surface area contributed by atoms with Crippen LogP contribution in [0.5, 0.6) is 17.2 Å². The van der Waals surface area contributed by atoms with E-state index in [2.05, 4.69) is 26.8 Å². The summed E-state index contributed by atoms with van der Waals surface area (Å²) < 4.78 is 5.20. The Balaban J connectivity index is 1.64. The fourth-order valence-corrected chi connectivity index (χ4v) is 3.30. The van der Waals surface area contributed by atoms with Crippen molar-refractivity contribution in [2.24, 2.45) is 0 Å². The van der Waals surface area contributed by atoms with Gasteiger partial charge in [-0.25, -0.2) is 9.78 Å². The number of phenols is 2. The van der Waals surface area contributed by atoms with Crippen molar-refractivity contribution in [2.45, 2.75) is 12.8 Å². The first-order valence-corrected chi connectivity index (χ1v) is 10.5. The van der Waals surface area contributed by atoms with Crippen molar-refractivity contribution in [3.8, 4) is 17.2 Å². The molecule has 8 heteroatoms. The molecule has 4 rings (SSSR count). The van der Waals surface area contributed by atoms with Gasteiger partial charge in [0, 0.05) is 30.7 Å². The number of nitrogens with zero attached hydrogens (tertiary/aromatic N) is 3. The Morgan fingerprint density at radius 2 is 1.47 bits per heavy atom. The maximum atomic E-state index is 11.5. The van der Waals surface area contributed by atoms with Gasteiger partial charge in [0.25, 0.3) is 0 Å². The molecule has 1 heterocycles. The first kappa shape index (κ1) is 22.5. The van der Waals surface area contributed by atoms with Crippen LogP contribution >= 0.6 is 0 Å². The van der Waals surface area contributed by atoms with Crippen LogP contribution < -0.4 is 10.1 Å². The van der Waals surface area contributed by atoms with E-state index in [1.54, 1.807) is 60.7 Å². The number of carbonyl (C=O) groups excluding carboxylic acids is 1. The molecule has 1 aromatic heterocycles. The first-order valence-electron chi connectivity index (χ1n) is 10.5. The lowest BCUT2D eigenvalue weighted by molar-refractivity contribution is -0.128. The topological polar surface area (TPSA) is 117 Å². The highest BCUT2D eigenvalue weighted by atomic mass is 16.5. The molecule has 0 saturated heterocycles. The third-order valence-electron chi connectivity index (χ3n) is 4.75. The molecule has 0 fully saturated rings. The van der Waals surface area contributed by atoms with Crippen LogP contribution in [0.2, 0.25) is 0 Å².